The van der Waals surface area contributed by atoms with Crippen molar-refractivity contribution in [3.63, 3.8) is 0 Å². The van der Waals surface area contributed by atoms with Crippen molar-refractivity contribution in [1.29, 1.82) is 0 Å². The van der Waals surface area contributed by atoms with Crippen molar-refractivity contribution in [2.24, 2.45) is 0 Å². The first kappa shape index (κ1) is 16.5. The number of ether oxygens (including phenoxy) is 2. The van der Waals surface area contributed by atoms with Gasteiger partial charge in [-0.15, -0.1) is 0 Å². The molecule has 0 aliphatic heterocycles. The van der Waals surface area contributed by atoms with Crippen LogP contribution in [0.4, 0.5) is 0 Å². The summed E-state index contributed by atoms with van der Waals surface area (Å²) in [5.74, 6) is 0.665. The first-order valence-electron chi connectivity index (χ1n) is 6.13. The zero-order chi connectivity index (χ0) is 12.5. The number of hydrogen-bond donors (Lipinski definition) is 0. The summed E-state index contributed by atoms with van der Waals surface area (Å²) >= 11 is 0. The van der Waals surface area contributed by atoms with Crippen LogP contribution in [0.5, 0.6) is 5.75 Å². The quantitative estimate of drug-likeness (QED) is 0.549. The van der Waals surface area contributed by atoms with Gasteiger partial charge >= 0.3 is 5.97 Å². The van der Waals surface area contributed by atoms with E-state index in [0.717, 1.165) is 30.8 Å². The van der Waals surface area contributed by atoms with E-state index in [4.69, 9.17) is 9.47 Å². The molecular weight excluding hydrogens is 228 g/mol. The molecule has 0 aliphatic rings. The Kier molecular flexibility index (Phi) is 8.71. The van der Waals surface area contributed by atoms with Gasteiger partial charge in [0.15, 0.2) is 0 Å². The second kappa shape index (κ2) is 9.51. The minimum Gasteiger partial charge on any atom is -0.494 e. The van der Waals surface area contributed by atoms with Crippen LogP contribution in [-0.2, 0) is 16.0 Å². The topological polar surface area (TPSA) is 35.5 Å². The van der Waals surface area contributed by atoms with E-state index in [-0.39, 0.29) is 13.4 Å². The molecule has 0 heterocycles. The standard InChI is InChI=1S/C14H20O3.CH4/c1-3-5-10-17-13-8-6-12(7-9-13)11-14(15)16-4-2;/h6-9H,3-5,10-11H2,1-2H3;1H4. The lowest BCUT2D eigenvalue weighted by Crippen LogP contribution is -2.07. The predicted octanol–water partition coefficient (Wildman–Crippen LogP) is 3.61. The van der Waals surface area contributed by atoms with E-state index in [1.54, 1.807) is 0 Å². The molecule has 0 N–H and O–H groups in total. The molecule has 0 bridgehead atoms. The Morgan fingerprint density at radius 1 is 1.17 bits per heavy atom. The van der Waals surface area contributed by atoms with Crippen LogP contribution in [0.1, 0.15) is 39.7 Å². The minimum absolute atomic E-state index is 0. The zero-order valence-electron chi connectivity index (χ0n) is 10.6. The first-order chi connectivity index (χ1) is 8.26. The summed E-state index contributed by atoms with van der Waals surface area (Å²) in [4.78, 5) is 11.3. The first-order valence-corrected chi connectivity index (χ1v) is 6.13. The van der Waals surface area contributed by atoms with E-state index < -0.39 is 0 Å². The number of esters is 1. The molecule has 0 amide bonds. The van der Waals surface area contributed by atoms with Gasteiger partial charge in [-0.25, -0.2) is 0 Å². The normalized spacial score (nSPS) is 9.44. The van der Waals surface area contributed by atoms with Crippen molar-refractivity contribution >= 4 is 5.97 Å². The van der Waals surface area contributed by atoms with Gasteiger partial charge in [-0.3, -0.25) is 4.79 Å². The van der Waals surface area contributed by atoms with Crippen LogP contribution < -0.4 is 4.74 Å². The monoisotopic (exact) mass is 252 g/mol. The summed E-state index contributed by atoms with van der Waals surface area (Å²) in [5, 5.41) is 0. The third-order valence-corrected chi connectivity index (χ3v) is 2.34. The molecule has 1 aromatic rings. The van der Waals surface area contributed by atoms with Gasteiger partial charge < -0.3 is 9.47 Å². The van der Waals surface area contributed by atoms with Crippen molar-refractivity contribution in [3.8, 4) is 5.75 Å². The Morgan fingerprint density at radius 3 is 2.39 bits per heavy atom. The third kappa shape index (κ3) is 6.28. The molecule has 0 saturated carbocycles. The average molecular weight is 252 g/mol. The molecule has 1 aromatic carbocycles. The molecule has 0 fully saturated rings. The largest absolute Gasteiger partial charge is 0.494 e. The number of benzene rings is 1. The maximum atomic E-state index is 11.3. The smallest absolute Gasteiger partial charge is 0.310 e. The molecule has 0 aliphatic carbocycles. The Hall–Kier alpha value is -1.51. The number of hydrogen-bond acceptors (Lipinski definition) is 3. The van der Waals surface area contributed by atoms with Gasteiger partial charge in [0.25, 0.3) is 0 Å². The molecule has 102 valence electrons. The molecule has 3 nitrogen and oxygen atoms in total. The maximum Gasteiger partial charge on any atom is 0.310 e. The molecule has 0 unspecified atom stereocenters. The number of carbonyl (C=O) groups is 1. The van der Waals surface area contributed by atoms with E-state index in [9.17, 15) is 4.79 Å². The molecular formula is C15H24O3. The summed E-state index contributed by atoms with van der Waals surface area (Å²) in [6.45, 7) is 5.11. The molecule has 0 spiro atoms. The van der Waals surface area contributed by atoms with Crippen molar-refractivity contribution in [2.75, 3.05) is 13.2 Å². The summed E-state index contributed by atoms with van der Waals surface area (Å²) in [6, 6.07) is 7.59. The van der Waals surface area contributed by atoms with Crippen LogP contribution in [0.3, 0.4) is 0 Å². The highest BCUT2D eigenvalue weighted by atomic mass is 16.5. The van der Waals surface area contributed by atoms with Gasteiger partial charge in [-0.1, -0.05) is 32.9 Å². The van der Waals surface area contributed by atoms with Crippen LogP contribution in [0.15, 0.2) is 24.3 Å². The number of rotatable bonds is 7. The fourth-order valence-electron chi connectivity index (χ4n) is 1.42. The van der Waals surface area contributed by atoms with Gasteiger partial charge in [0, 0.05) is 0 Å². The third-order valence-electron chi connectivity index (χ3n) is 2.34. The average Bonchev–Trinajstić information content (AvgIpc) is 2.32. The van der Waals surface area contributed by atoms with E-state index in [1.807, 2.05) is 31.2 Å². The molecule has 1 rings (SSSR count). The van der Waals surface area contributed by atoms with Crippen LogP contribution >= 0.6 is 0 Å². The fourth-order valence-corrected chi connectivity index (χ4v) is 1.42. The maximum absolute atomic E-state index is 11.3. The Morgan fingerprint density at radius 2 is 1.83 bits per heavy atom. The minimum atomic E-state index is -0.188. The van der Waals surface area contributed by atoms with Gasteiger partial charge in [0.1, 0.15) is 5.75 Å². The van der Waals surface area contributed by atoms with Gasteiger partial charge in [0.05, 0.1) is 19.6 Å². The lowest BCUT2D eigenvalue weighted by atomic mass is 10.1. The van der Waals surface area contributed by atoms with Crippen molar-refractivity contribution in [3.05, 3.63) is 29.8 Å². The van der Waals surface area contributed by atoms with Gasteiger partial charge in [-0.05, 0) is 31.0 Å². The Balaban J connectivity index is 0.00000289. The molecule has 0 saturated heterocycles. The summed E-state index contributed by atoms with van der Waals surface area (Å²) in [5.41, 5.74) is 0.950. The van der Waals surface area contributed by atoms with Crippen LogP contribution in [-0.4, -0.2) is 19.2 Å². The van der Waals surface area contributed by atoms with E-state index in [2.05, 4.69) is 6.92 Å². The molecule has 0 radical (unpaired) electrons. The summed E-state index contributed by atoms with van der Waals surface area (Å²) in [7, 11) is 0. The second-order valence-corrected chi connectivity index (χ2v) is 3.83. The van der Waals surface area contributed by atoms with Crippen molar-refractivity contribution < 1.29 is 14.3 Å². The second-order valence-electron chi connectivity index (χ2n) is 3.83. The van der Waals surface area contributed by atoms with Crippen LogP contribution in [0.2, 0.25) is 0 Å². The lowest BCUT2D eigenvalue weighted by Gasteiger charge is -2.06. The summed E-state index contributed by atoms with van der Waals surface area (Å²) in [6.07, 6.45) is 2.51. The molecule has 18 heavy (non-hydrogen) atoms. The van der Waals surface area contributed by atoms with Gasteiger partial charge in [0.2, 0.25) is 0 Å². The van der Waals surface area contributed by atoms with Crippen molar-refractivity contribution in [2.45, 2.75) is 40.5 Å². The van der Waals surface area contributed by atoms with Crippen LogP contribution in [0, 0.1) is 0 Å². The Bertz CT molecular complexity index is 330. The van der Waals surface area contributed by atoms with E-state index in [1.165, 1.54) is 0 Å². The molecule has 0 aromatic heterocycles. The predicted molar refractivity (Wildman–Crippen MR) is 73.9 cm³/mol. The highest BCUT2D eigenvalue weighted by Gasteiger charge is 2.03. The Labute approximate surface area is 110 Å². The van der Waals surface area contributed by atoms with Crippen molar-refractivity contribution in [1.82, 2.24) is 0 Å². The van der Waals surface area contributed by atoms with E-state index >= 15 is 0 Å². The summed E-state index contributed by atoms with van der Waals surface area (Å²) < 4.78 is 10.4. The fraction of sp³-hybridized carbons (Fsp3) is 0.533. The molecule has 3 heteroatoms. The lowest BCUT2D eigenvalue weighted by molar-refractivity contribution is -0.142. The SMILES string of the molecule is C.CCCCOc1ccc(CC(=O)OCC)cc1. The van der Waals surface area contributed by atoms with E-state index in [0.29, 0.717) is 13.0 Å². The number of carbonyl (C=O) groups excluding carboxylic acids is 1. The highest BCUT2D eigenvalue weighted by Crippen LogP contribution is 2.13. The highest BCUT2D eigenvalue weighted by molar-refractivity contribution is 5.72. The molecule has 0 atom stereocenters. The van der Waals surface area contributed by atoms with Gasteiger partial charge in [-0.2, -0.15) is 0 Å². The zero-order valence-corrected chi connectivity index (χ0v) is 10.6. The van der Waals surface area contributed by atoms with Crippen LogP contribution in [0.25, 0.3) is 0 Å². The number of unbranched alkanes of at least 4 members (excludes halogenated alkanes) is 1.